The third kappa shape index (κ3) is 6.61. The molecule has 0 heterocycles. The van der Waals surface area contributed by atoms with Crippen LogP contribution < -0.4 is 10.6 Å². The maximum atomic E-state index is 13.9. The van der Waals surface area contributed by atoms with E-state index in [0.717, 1.165) is 30.4 Å². The fourth-order valence-electron chi connectivity index (χ4n) is 3.26. The number of hydrogen-bond donors (Lipinski definition) is 2. The van der Waals surface area contributed by atoms with E-state index in [0.29, 0.717) is 30.5 Å². The number of halogens is 3. The predicted octanol–water partition coefficient (Wildman–Crippen LogP) is 5.43. The maximum absolute atomic E-state index is 13.9. The average molecular weight is 420 g/mol. The molecule has 0 bridgehead atoms. The van der Waals surface area contributed by atoms with Gasteiger partial charge < -0.3 is 10.6 Å². The lowest BCUT2D eigenvalue weighted by Crippen LogP contribution is -2.44. The van der Waals surface area contributed by atoms with Crippen LogP contribution >= 0.6 is 0 Å². The van der Waals surface area contributed by atoms with Crippen LogP contribution in [0.15, 0.2) is 30.3 Å². The van der Waals surface area contributed by atoms with Crippen molar-refractivity contribution in [3.63, 3.8) is 0 Å². The van der Waals surface area contributed by atoms with Crippen LogP contribution in [0.4, 0.5) is 18.9 Å². The molecule has 0 radical (unpaired) electrons. The van der Waals surface area contributed by atoms with Gasteiger partial charge in [0.25, 0.3) is 5.91 Å². The molecule has 2 amide bonds. The zero-order valence-electron chi connectivity index (χ0n) is 17.5. The third-order valence-corrected chi connectivity index (χ3v) is 4.71. The number of carbonyl (C=O) groups is 2. The first-order chi connectivity index (χ1) is 14.2. The third-order valence-electron chi connectivity index (χ3n) is 4.71. The summed E-state index contributed by atoms with van der Waals surface area (Å²) in [6, 6.07) is 5.32. The molecular formula is C23H27F3N2O2. The molecule has 2 N–H and O–H groups in total. The Kier molecular flexibility index (Phi) is 8.45. The Morgan fingerprint density at radius 3 is 2.07 bits per heavy atom. The Balaban J connectivity index is 2.19. The normalized spacial score (nSPS) is 11.8. The number of unbranched alkanes of at least 4 members (excludes halogenated alkanes) is 3. The van der Waals surface area contributed by atoms with Gasteiger partial charge in [0.05, 0.1) is 0 Å². The molecule has 7 heteroatoms. The molecule has 0 aromatic heterocycles. The summed E-state index contributed by atoms with van der Waals surface area (Å²) in [7, 11) is 0. The van der Waals surface area contributed by atoms with E-state index in [1.54, 1.807) is 12.1 Å². The van der Waals surface area contributed by atoms with E-state index in [1.165, 1.54) is 0 Å². The molecule has 0 aliphatic rings. The first-order valence-corrected chi connectivity index (χ1v) is 10.1. The van der Waals surface area contributed by atoms with Crippen molar-refractivity contribution in [3.05, 3.63) is 64.5 Å². The molecule has 0 spiro atoms. The predicted molar refractivity (Wildman–Crippen MR) is 111 cm³/mol. The van der Waals surface area contributed by atoms with Crippen molar-refractivity contribution >= 4 is 17.5 Å². The number of anilines is 1. The average Bonchev–Trinajstić information content (AvgIpc) is 2.66. The Morgan fingerprint density at radius 2 is 1.50 bits per heavy atom. The molecule has 0 aliphatic heterocycles. The van der Waals surface area contributed by atoms with Gasteiger partial charge in [-0.25, -0.2) is 13.2 Å². The largest absolute Gasteiger partial charge is 0.340 e. The van der Waals surface area contributed by atoms with Crippen LogP contribution in [0.5, 0.6) is 0 Å². The minimum atomic E-state index is -1.22. The highest BCUT2D eigenvalue weighted by molar-refractivity contribution is 6.01. The van der Waals surface area contributed by atoms with E-state index in [4.69, 9.17) is 0 Å². The van der Waals surface area contributed by atoms with E-state index in [1.807, 2.05) is 26.8 Å². The van der Waals surface area contributed by atoms with Crippen LogP contribution in [-0.2, 0) is 4.79 Å². The molecule has 1 unspecified atom stereocenters. The van der Waals surface area contributed by atoms with Gasteiger partial charge in [-0.2, -0.15) is 0 Å². The molecule has 0 saturated carbocycles. The number of carbonyl (C=O) groups excluding carboxylic acids is 2. The van der Waals surface area contributed by atoms with Crippen LogP contribution in [0.3, 0.4) is 0 Å². The molecule has 0 aliphatic carbocycles. The zero-order valence-corrected chi connectivity index (χ0v) is 17.5. The molecule has 0 fully saturated rings. The van der Waals surface area contributed by atoms with Gasteiger partial charge >= 0.3 is 0 Å². The lowest BCUT2D eigenvalue weighted by molar-refractivity contribution is -0.118. The molecule has 4 nitrogen and oxygen atoms in total. The van der Waals surface area contributed by atoms with Gasteiger partial charge in [-0.3, -0.25) is 9.59 Å². The zero-order chi connectivity index (χ0) is 22.3. The van der Waals surface area contributed by atoms with Gasteiger partial charge in [0.2, 0.25) is 5.91 Å². The maximum Gasteiger partial charge on any atom is 0.251 e. The van der Waals surface area contributed by atoms with Crippen molar-refractivity contribution in [2.75, 3.05) is 5.32 Å². The van der Waals surface area contributed by atoms with Gasteiger partial charge in [-0.15, -0.1) is 0 Å². The summed E-state index contributed by atoms with van der Waals surface area (Å²) in [5.41, 5.74) is 1.47. The van der Waals surface area contributed by atoms with Gasteiger partial charge in [-0.1, -0.05) is 49.8 Å². The van der Waals surface area contributed by atoms with Gasteiger partial charge in [0, 0.05) is 17.7 Å². The van der Waals surface area contributed by atoms with Crippen LogP contribution in [-0.4, -0.2) is 17.9 Å². The monoisotopic (exact) mass is 420 g/mol. The number of rotatable bonds is 9. The first-order valence-electron chi connectivity index (χ1n) is 10.1. The van der Waals surface area contributed by atoms with Gasteiger partial charge in [0.1, 0.15) is 17.5 Å². The van der Waals surface area contributed by atoms with Gasteiger partial charge in [-0.05, 0) is 32.4 Å². The molecule has 1 atom stereocenters. The lowest BCUT2D eigenvalue weighted by Gasteiger charge is -2.19. The number of nitrogens with one attached hydrogen (secondary N) is 2. The Bertz CT molecular complexity index is 872. The molecule has 30 heavy (non-hydrogen) atoms. The lowest BCUT2D eigenvalue weighted by atomic mass is 10.0. The smallest absolute Gasteiger partial charge is 0.251 e. The summed E-state index contributed by atoms with van der Waals surface area (Å²) in [6.45, 7) is 5.77. The summed E-state index contributed by atoms with van der Waals surface area (Å²) in [5, 5.41) is 4.82. The summed E-state index contributed by atoms with van der Waals surface area (Å²) >= 11 is 0. The van der Waals surface area contributed by atoms with Crippen LogP contribution in [0.2, 0.25) is 0 Å². The van der Waals surface area contributed by atoms with Crippen molar-refractivity contribution in [2.45, 2.75) is 58.9 Å². The van der Waals surface area contributed by atoms with Crippen molar-refractivity contribution in [2.24, 2.45) is 0 Å². The highest BCUT2D eigenvalue weighted by atomic mass is 19.1. The van der Waals surface area contributed by atoms with Crippen molar-refractivity contribution in [1.29, 1.82) is 0 Å². The number of benzene rings is 2. The molecule has 162 valence electrons. The summed E-state index contributed by atoms with van der Waals surface area (Å²) in [5.74, 6) is -4.72. The van der Waals surface area contributed by atoms with E-state index in [9.17, 15) is 22.8 Å². The second-order valence-corrected chi connectivity index (χ2v) is 7.49. The molecule has 2 aromatic rings. The van der Waals surface area contributed by atoms with Gasteiger partial charge in [0.15, 0.2) is 11.6 Å². The Labute approximate surface area is 174 Å². The second kappa shape index (κ2) is 10.8. The van der Waals surface area contributed by atoms with Crippen molar-refractivity contribution < 1.29 is 22.8 Å². The van der Waals surface area contributed by atoms with Crippen LogP contribution in [0.25, 0.3) is 0 Å². The van der Waals surface area contributed by atoms with E-state index < -0.39 is 41.0 Å². The quantitative estimate of drug-likeness (QED) is 0.532. The van der Waals surface area contributed by atoms with Crippen LogP contribution in [0, 0.1) is 31.3 Å². The Hall–Kier alpha value is -2.83. The van der Waals surface area contributed by atoms with E-state index in [2.05, 4.69) is 10.6 Å². The second-order valence-electron chi connectivity index (χ2n) is 7.49. The minimum Gasteiger partial charge on any atom is -0.340 e. The standard InChI is InChI=1S/C23H27F3N2O2/c1-4-5-6-7-8-20(27-22(29)16-10-14(2)9-15(3)11-16)23(30)28-21-18(25)12-17(24)13-19(21)26/h9-13,20H,4-8H2,1-3H3,(H,27,29)(H,28,30). The highest BCUT2D eigenvalue weighted by Gasteiger charge is 2.24. The fraction of sp³-hybridized carbons (Fsp3) is 0.391. The topological polar surface area (TPSA) is 58.2 Å². The number of hydrogen-bond acceptors (Lipinski definition) is 2. The molecule has 2 aromatic carbocycles. The fourth-order valence-corrected chi connectivity index (χ4v) is 3.26. The Morgan fingerprint density at radius 1 is 0.900 bits per heavy atom. The molecule has 0 saturated heterocycles. The van der Waals surface area contributed by atoms with E-state index >= 15 is 0 Å². The van der Waals surface area contributed by atoms with Crippen molar-refractivity contribution in [1.82, 2.24) is 5.32 Å². The highest BCUT2D eigenvalue weighted by Crippen LogP contribution is 2.21. The van der Waals surface area contributed by atoms with Crippen LogP contribution in [0.1, 0.15) is 60.5 Å². The molecule has 2 rings (SSSR count). The van der Waals surface area contributed by atoms with E-state index in [-0.39, 0.29) is 0 Å². The number of aryl methyl sites for hydroxylation is 2. The summed E-state index contributed by atoms with van der Waals surface area (Å²) in [4.78, 5) is 25.4. The summed E-state index contributed by atoms with van der Waals surface area (Å²) in [6.07, 6.45) is 3.80. The summed E-state index contributed by atoms with van der Waals surface area (Å²) < 4.78 is 41.0. The number of amides is 2. The first kappa shape index (κ1) is 23.4. The SMILES string of the molecule is CCCCCCC(NC(=O)c1cc(C)cc(C)c1)C(=O)Nc1c(F)cc(F)cc1F. The molecular weight excluding hydrogens is 393 g/mol. The minimum absolute atomic E-state index is 0.312. The van der Waals surface area contributed by atoms with Crippen molar-refractivity contribution in [3.8, 4) is 0 Å².